The Balaban J connectivity index is 1.87. The summed E-state index contributed by atoms with van der Waals surface area (Å²) in [6.45, 7) is 2.42. The lowest BCUT2D eigenvalue weighted by Crippen LogP contribution is -2.34. The van der Waals surface area contributed by atoms with Gasteiger partial charge in [-0.25, -0.2) is 4.39 Å². The van der Waals surface area contributed by atoms with Crippen LogP contribution in [-0.4, -0.2) is 23.9 Å². The third-order valence-electron chi connectivity index (χ3n) is 3.61. The summed E-state index contributed by atoms with van der Waals surface area (Å²) < 4.78 is 14.5. The van der Waals surface area contributed by atoms with E-state index in [2.05, 4.69) is 20.8 Å². The molecule has 0 spiro atoms. The zero-order valence-electron chi connectivity index (χ0n) is 10.7. The van der Waals surface area contributed by atoms with Crippen molar-refractivity contribution in [3.05, 3.63) is 34.1 Å². The summed E-state index contributed by atoms with van der Waals surface area (Å²) in [5, 5.41) is 0. The van der Waals surface area contributed by atoms with Crippen LogP contribution in [0.1, 0.15) is 24.8 Å². The van der Waals surface area contributed by atoms with Gasteiger partial charge in [0.1, 0.15) is 5.82 Å². The van der Waals surface area contributed by atoms with Crippen LogP contribution in [0.3, 0.4) is 0 Å². The Morgan fingerprint density at radius 3 is 2.68 bits per heavy atom. The van der Waals surface area contributed by atoms with E-state index in [9.17, 15) is 9.18 Å². The number of benzene rings is 1. The number of amides is 1. The Labute approximate surface area is 121 Å². The predicted octanol–water partition coefficient (Wildman–Crippen LogP) is 2.68. The number of hydrogen-bond donors (Lipinski definition) is 1. The molecule has 19 heavy (non-hydrogen) atoms. The van der Waals surface area contributed by atoms with Crippen LogP contribution in [-0.2, 0) is 11.3 Å². The van der Waals surface area contributed by atoms with Crippen LogP contribution in [0.4, 0.5) is 4.39 Å². The van der Waals surface area contributed by atoms with Gasteiger partial charge >= 0.3 is 0 Å². The number of carbonyl (C=O) groups excluding carboxylic acids is 1. The largest absolute Gasteiger partial charge is 0.370 e. The fraction of sp³-hybridized carbons (Fsp3) is 0.500. The first-order chi connectivity index (χ1) is 9.04. The molecule has 0 saturated carbocycles. The molecule has 0 radical (unpaired) electrons. The molecular weight excluding hydrogens is 311 g/mol. The molecule has 0 unspecified atom stereocenters. The first-order valence-corrected chi connectivity index (χ1v) is 7.28. The van der Waals surface area contributed by atoms with E-state index < -0.39 is 0 Å². The van der Waals surface area contributed by atoms with Crippen molar-refractivity contribution in [2.75, 3.05) is 13.1 Å². The van der Waals surface area contributed by atoms with Crippen molar-refractivity contribution < 1.29 is 9.18 Å². The number of hydrogen-bond acceptors (Lipinski definition) is 2. The van der Waals surface area contributed by atoms with E-state index in [0.29, 0.717) is 18.9 Å². The van der Waals surface area contributed by atoms with Gasteiger partial charge in [0.25, 0.3) is 0 Å². The monoisotopic (exact) mass is 328 g/mol. The smallest absolute Gasteiger partial charge is 0.217 e. The summed E-state index contributed by atoms with van der Waals surface area (Å²) in [7, 11) is 0. The second-order valence-electron chi connectivity index (χ2n) is 5.13. The minimum absolute atomic E-state index is 0.173. The molecule has 2 rings (SSSR count). The maximum atomic E-state index is 13.7. The van der Waals surface area contributed by atoms with E-state index in [1.165, 1.54) is 6.07 Å². The van der Waals surface area contributed by atoms with Crippen molar-refractivity contribution in [2.45, 2.75) is 25.8 Å². The summed E-state index contributed by atoms with van der Waals surface area (Å²) in [5.41, 5.74) is 5.93. The van der Waals surface area contributed by atoms with Crippen LogP contribution in [0, 0.1) is 11.7 Å². The topological polar surface area (TPSA) is 46.3 Å². The highest BCUT2D eigenvalue weighted by Crippen LogP contribution is 2.23. The molecule has 1 amide bonds. The van der Waals surface area contributed by atoms with E-state index in [1.807, 2.05) is 12.1 Å². The summed E-state index contributed by atoms with van der Waals surface area (Å²) in [5.74, 6) is -0.00504. The van der Waals surface area contributed by atoms with Gasteiger partial charge in [0.15, 0.2) is 0 Å². The van der Waals surface area contributed by atoms with Crippen LogP contribution in [0.5, 0.6) is 0 Å². The molecule has 5 heteroatoms. The van der Waals surface area contributed by atoms with Crippen molar-refractivity contribution in [3.8, 4) is 0 Å². The maximum absolute atomic E-state index is 13.7. The second-order valence-corrected chi connectivity index (χ2v) is 6.04. The van der Waals surface area contributed by atoms with Gasteiger partial charge < -0.3 is 5.73 Å². The van der Waals surface area contributed by atoms with Crippen molar-refractivity contribution >= 4 is 21.8 Å². The molecule has 1 aromatic carbocycles. The number of nitrogens with two attached hydrogens (primary N) is 1. The number of nitrogens with zero attached hydrogens (tertiary/aromatic N) is 1. The van der Waals surface area contributed by atoms with E-state index >= 15 is 0 Å². The van der Waals surface area contributed by atoms with Gasteiger partial charge in [-0.1, -0.05) is 22.0 Å². The normalized spacial score (nSPS) is 17.6. The molecule has 3 nitrogen and oxygen atoms in total. The third-order valence-corrected chi connectivity index (χ3v) is 4.10. The van der Waals surface area contributed by atoms with Gasteiger partial charge in [0, 0.05) is 23.0 Å². The lowest BCUT2D eigenvalue weighted by molar-refractivity contribution is -0.119. The van der Waals surface area contributed by atoms with Gasteiger partial charge in [-0.3, -0.25) is 9.69 Å². The number of piperidine rings is 1. The van der Waals surface area contributed by atoms with Gasteiger partial charge in [-0.2, -0.15) is 0 Å². The molecule has 1 aliphatic heterocycles. The number of halogens is 2. The van der Waals surface area contributed by atoms with Crippen LogP contribution in [0.2, 0.25) is 0 Å². The highest BCUT2D eigenvalue weighted by Gasteiger charge is 2.21. The fourth-order valence-electron chi connectivity index (χ4n) is 2.52. The SMILES string of the molecule is NC(=O)CC1CCN(Cc2ccc(Br)cc2F)CC1. The predicted molar refractivity (Wildman–Crippen MR) is 75.9 cm³/mol. The minimum Gasteiger partial charge on any atom is -0.370 e. The summed E-state index contributed by atoms with van der Waals surface area (Å²) in [6, 6.07) is 5.17. The van der Waals surface area contributed by atoms with Gasteiger partial charge in [0.05, 0.1) is 0 Å². The molecule has 1 fully saturated rings. The third kappa shape index (κ3) is 4.28. The fourth-order valence-corrected chi connectivity index (χ4v) is 2.86. The summed E-state index contributed by atoms with van der Waals surface area (Å²) in [6.07, 6.45) is 2.39. The molecule has 1 aromatic rings. The minimum atomic E-state index is -0.225. The Hall–Kier alpha value is -0.940. The van der Waals surface area contributed by atoms with Crippen molar-refractivity contribution in [1.82, 2.24) is 4.90 Å². The van der Waals surface area contributed by atoms with E-state index in [1.54, 1.807) is 0 Å². The first-order valence-electron chi connectivity index (χ1n) is 6.49. The molecule has 1 heterocycles. The lowest BCUT2D eigenvalue weighted by Gasteiger charge is -2.31. The summed E-state index contributed by atoms with van der Waals surface area (Å²) >= 11 is 3.25. The van der Waals surface area contributed by atoms with Gasteiger partial charge in [0.2, 0.25) is 5.91 Å². The maximum Gasteiger partial charge on any atom is 0.217 e. The molecule has 1 aliphatic rings. The van der Waals surface area contributed by atoms with Crippen molar-refractivity contribution in [3.63, 3.8) is 0 Å². The Bertz CT molecular complexity index is 459. The molecule has 0 aliphatic carbocycles. The average Bonchev–Trinajstić information content (AvgIpc) is 2.34. The standard InChI is InChI=1S/C14H18BrFN2O/c15-12-2-1-11(13(16)8-12)9-18-5-3-10(4-6-18)7-14(17)19/h1-2,8,10H,3-7,9H2,(H2,17,19). The van der Waals surface area contributed by atoms with Crippen LogP contribution in [0.25, 0.3) is 0 Å². The van der Waals surface area contributed by atoms with Crippen LogP contribution < -0.4 is 5.73 Å². The zero-order valence-corrected chi connectivity index (χ0v) is 12.3. The lowest BCUT2D eigenvalue weighted by atomic mass is 9.93. The van der Waals surface area contributed by atoms with E-state index in [4.69, 9.17) is 5.73 Å². The number of primary amides is 1. The molecule has 0 aromatic heterocycles. The Morgan fingerprint density at radius 2 is 2.11 bits per heavy atom. The van der Waals surface area contributed by atoms with E-state index in [0.717, 1.165) is 36.0 Å². The van der Waals surface area contributed by atoms with Crippen LogP contribution in [0.15, 0.2) is 22.7 Å². The van der Waals surface area contributed by atoms with Gasteiger partial charge in [-0.05, 0) is 44.0 Å². The number of carbonyl (C=O) groups is 1. The van der Waals surface area contributed by atoms with Crippen molar-refractivity contribution in [2.24, 2.45) is 11.7 Å². The molecule has 104 valence electrons. The molecule has 1 saturated heterocycles. The average molecular weight is 329 g/mol. The number of rotatable bonds is 4. The quantitative estimate of drug-likeness (QED) is 0.923. The van der Waals surface area contributed by atoms with Crippen LogP contribution >= 0.6 is 15.9 Å². The molecule has 0 atom stereocenters. The zero-order chi connectivity index (χ0) is 13.8. The number of likely N-dealkylation sites (tertiary alicyclic amines) is 1. The highest BCUT2D eigenvalue weighted by molar-refractivity contribution is 9.10. The first kappa shape index (κ1) is 14.5. The molecular formula is C14H18BrFN2O. The van der Waals surface area contributed by atoms with E-state index in [-0.39, 0.29) is 11.7 Å². The Kier molecular flexibility index (Phi) is 4.93. The molecule has 0 bridgehead atoms. The second kappa shape index (κ2) is 6.48. The Morgan fingerprint density at radius 1 is 1.42 bits per heavy atom. The van der Waals surface area contributed by atoms with Gasteiger partial charge in [-0.15, -0.1) is 0 Å². The molecule has 2 N–H and O–H groups in total. The summed E-state index contributed by atoms with van der Waals surface area (Å²) in [4.78, 5) is 13.1. The highest BCUT2D eigenvalue weighted by atomic mass is 79.9. The van der Waals surface area contributed by atoms with Crippen molar-refractivity contribution in [1.29, 1.82) is 0 Å².